The molecule has 0 bridgehead atoms. The second kappa shape index (κ2) is 5.63. The van der Waals surface area contributed by atoms with E-state index in [9.17, 15) is 5.11 Å². The predicted octanol–water partition coefficient (Wildman–Crippen LogP) is 2.29. The number of morpholine rings is 1. The molecule has 0 saturated carbocycles. The van der Waals surface area contributed by atoms with Gasteiger partial charge in [-0.15, -0.1) is 0 Å². The molecule has 1 aliphatic heterocycles. The minimum absolute atomic E-state index is 0.121. The maximum absolute atomic E-state index is 10.6. The van der Waals surface area contributed by atoms with Crippen molar-refractivity contribution in [1.29, 1.82) is 0 Å². The number of furan rings is 1. The van der Waals surface area contributed by atoms with E-state index < -0.39 is 0 Å². The summed E-state index contributed by atoms with van der Waals surface area (Å²) >= 11 is 1.43. The predicted molar refractivity (Wildman–Crippen MR) is 84.7 cm³/mol. The third-order valence-corrected chi connectivity index (χ3v) is 5.10. The highest BCUT2D eigenvalue weighted by atomic mass is 32.1. The highest BCUT2D eigenvalue weighted by molar-refractivity contribution is 7.17. The Morgan fingerprint density at radius 2 is 2.13 bits per heavy atom. The van der Waals surface area contributed by atoms with E-state index in [0.29, 0.717) is 4.96 Å². The number of aromatic hydroxyl groups is 1. The monoisotopic (exact) mass is 334 g/mol. The molecule has 1 fully saturated rings. The number of hydrogen-bond donors (Lipinski definition) is 1. The number of fused-ring (bicyclic) bond motifs is 1. The number of thiazole rings is 1. The molecule has 1 saturated heterocycles. The SMILES string of the molecule is C[C@@H]1CN([C@H](c2ccco2)c2sc3ncnn3c2O)C[C@@H](C)O1. The first kappa shape index (κ1) is 14.7. The Labute approximate surface area is 137 Å². The Kier molecular flexibility index (Phi) is 3.59. The average molecular weight is 334 g/mol. The van der Waals surface area contributed by atoms with Gasteiger partial charge in [-0.1, -0.05) is 11.3 Å². The Morgan fingerprint density at radius 1 is 1.35 bits per heavy atom. The summed E-state index contributed by atoms with van der Waals surface area (Å²) in [5.74, 6) is 0.918. The van der Waals surface area contributed by atoms with E-state index in [2.05, 4.69) is 28.8 Å². The largest absolute Gasteiger partial charge is 0.492 e. The van der Waals surface area contributed by atoms with E-state index in [-0.39, 0.29) is 24.1 Å². The van der Waals surface area contributed by atoms with Crippen molar-refractivity contribution in [2.24, 2.45) is 0 Å². The zero-order valence-corrected chi connectivity index (χ0v) is 13.7. The topological polar surface area (TPSA) is 76.0 Å². The number of aromatic nitrogens is 3. The molecule has 122 valence electrons. The molecular formula is C15H18N4O3S. The molecule has 1 aliphatic rings. The van der Waals surface area contributed by atoms with Gasteiger partial charge in [-0.2, -0.15) is 9.61 Å². The number of rotatable bonds is 3. The molecule has 23 heavy (non-hydrogen) atoms. The molecule has 0 aliphatic carbocycles. The molecule has 3 aromatic heterocycles. The second-order valence-electron chi connectivity index (χ2n) is 5.87. The van der Waals surface area contributed by atoms with Crippen LogP contribution >= 0.6 is 11.3 Å². The third kappa shape index (κ3) is 2.52. The maximum atomic E-state index is 10.6. The van der Waals surface area contributed by atoms with Crippen LogP contribution in [-0.2, 0) is 4.74 Å². The van der Waals surface area contributed by atoms with Crippen molar-refractivity contribution in [1.82, 2.24) is 19.5 Å². The van der Waals surface area contributed by atoms with Crippen LogP contribution in [0.4, 0.5) is 0 Å². The molecule has 0 unspecified atom stereocenters. The van der Waals surface area contributed by atoms with Crippen LogP contribution in [0.15, 0.2) is 29.1 Å². The van der Waals surface area contributed by atoms with Crippen molar-refractivity contribution in [3.63, 3.8) is 0 Å². The summed E-state index contributed by atoms with van der Waals surface area (Å²) in [5, 5.41) is 14.7. The van der Waals surface area contributed by atoms with Crippen molar-refractivity contribution in [2.45, 2.75) is 32.1 Å². The van der Waals surface area contributed by atoms with Gasteiger partial charge in [0, 0.05) is 13.1 Å². The Bertz CT molecular complexity index is 787. The van der Waals surface area contributed by atoms with Crippen LogP contribution in [0, 0.1) is 0 Å². The van der Waals surface area contributed by atoms with Crippen molar-refractivity contribution < 1.29 is 14.3 Å². The molecule has 3 aromatic rings. The fourth-order valence-corrected chi connectivity index (χ4v) is 4.29. The summed E-state index contributed by atoms with van der Waals surface area (Å²) in [6, 6.07) is 3.63. The second-order valence-corrected chi connectivity index (χ2v) is 6.88. The van der Waals surface area contributed by atoms with Gasteiger partial charge in [0.05, 0.1) is 23.3 Å². The van der Waals surface area contributed by atoms with Crippen molar-refractivity contribution in [2.75, 3.05) is 13.1 Å². The van der Waals surface area contributed by atoms with Gasteiger partial charge in [-0.3, -0.25) is 4.90 Å². The van der Waals surface area contributed by atoms with E-state index >= 15 is 0 Å². The third-order valence-electron chi connectivity index (χ3n) is 4.01. The Morgan fingerprint density at radius 3 is 2.78 bits per heavy atom. The number of hydrogen-bond acceptors (Lipinski definition) is 7. The van der Waals surface area contributed by atoms with Gasteiger partial charge < -0.3 is 14.3 Å². The van der Waals surface area contributed by atoms with Gasteiger partial charge in [0.15, 0.2) is 0 Å². The number of ether oxygens (including phenoxy) is 1. The van der Waals surface area contributed by atoms with E-state index in [4.69, 9.17) is 9.15 Å². The lowest BCUT2D eigenvalue weighted by molar-refractivity contribution is -0.0781. The van der Waals surface area contributed by atoms with Gasteiger partial charge in [0.2, 0.25) is 10.8 Å². The fraction of sp³-hybridized carbons (Fsp3) is 0.467. The first-order valence-corrected chi connectivity index (χ1v) is 8.39. The van der Waals surface area contributed by atoms with Gasteiger partial charge in [-0.25, -0.2) is 4.98 Å². The molecule has 4 rings (SSSR count). The fourth-order valence-electron chi connectivity index (χ4n) is 3.22. The first-order valence-electron chi connectivity index (χ1n) is 7.57. The summed E-state index contributed by atoms with van der Waals surface area (Å²) < 4.78 is 13.0. The summed E-state index contributed by atoms with van der Waals surface area (Å²) in [5.41, 5.74) is 0. The summed E-state index contributed by atoms with van der Waals surface area (Å²) in [6.07, 6.45) is 3.35. The van der Waals surface area contributed by atoms with Crippen LogP contribution in [0.3, 0.4) is 0 Å². The molecule has 0 spiro atoms. The first-order chi connectivity index (χ1) is 11.1. The summed E-state index contributed by atoms with van der Waals surface area (Å²) in [4.78, 5) is 7.91. The molecule has 0 aromatic carbocycles. The molecule has 4 heterocycles. The zero-order chi connectivity index (χ0) is 16.0. The number of nitrogens with zero attached hydrogens (tertiary/aromatic N) is 4. The molecule has 8 heteroatoms. The molecule has 3 atom stereocenters. The summed E-state index contributed by atoms with van der Waals surface area (Å²) in [6.45, 7) is 5.65. The highest BCUT2D eigenvalue weighted by Crippen LogP contribution is 2.40. The van der Waals surface area contributed by atoms with Crippen LogP contribution in [0.25, 0.3) is 4.96 Å². The smallest absolute Gasteiger partial charge is 0.230 e. The van der Waals surface area contributed by atoms with E-state index in [0.717, 1.165) is 23.7 Å². The van der Waals surface area contributed by atoms with Gasteiger partial charge in [0.1, 0.15) is 18.1 Å². The summed E-state index contributed by atoms with van der Waals surface area (Å²) in [7, 11) is 0. The van der Waals surface area contributed by atoms with E-state index in [1.807, 2.05) is 12.1 Å². The van der Waals surface area contributed by atoms with E-state index in [1.165, 1.54) is 22.2 Å². The molecule has 7 nitrogen and oxygen atoms in total. The normalized spacial score (nSPS) is 24.3. The maximum Gasteiger partial charge on any atom is 0.230 e. The van der Waals surface area contributed by atoms with Crippen molar-refractivity contribution in [3.05, 3.63) is 35.4 Å². The highest BCUT2D eigenvalue weighted by Gasteiger charge is 2.35. The minimum Gasteiger partial charge on any atom is -0.492 e. The molecule has 0 radical (unpaired) electrons. The quantitative estimate of drug-likeness (QED) is 0.792. The lowest BCUT2D eigenvalue weighted by Crippen LogP contribution is -2.47. The van der Waals surface area contributed by atoms with Crippen LogP contribution in [-0.4, -0.2) is 49.9 Å². The standard InChI is InChI=1S/C15H18N4O3S/c1-9-6-18(7-10(2)22-9)12(11-4-3-5-21-11)13-14(20)19-15(23-13)16-8-17-19/h3-5,8-10,12,20H,6-7H2,1-2H3/t9-,10-,12-/m1/s1. The Balaban J connectivity index is 1.79. The van der Waals surface area contributed by atoms with Crippen LogP contribution < -0.4 is 0 Å². The Hall–Kier alpha value is -1.90. The average Bonchev–Trinajstić information content (AvgIpc) is 3.20. The van der Waals surface area contributed by atoms with Crippen molar-refractivity contribution in [3.8, 4) is 5.88 Å². The van der Waals surface area contributed by atoms with Gasteiger partial charge in [-0.05, 0) is 26.0 Å². The molecule has 1 N–H and O–H groups in total. The van der Waals surface area contributed by atoms with Gasteiger partial charge >= 0.3 is 0 Å². The van der Waals surface area contributed by atoms with Gasteiger partial charge in [0.25, 0.3) is 0 Å². The zero-order valence-electron chi connectivity index (χ0n) is 12.9. The minimum atomic E-state index is -0.174. The van der Waals surface area contributed by atoms with Crippen LogP contribution in [0.5, 0.6) is 5.88 Å². The molecular weight excluding hydrogens is 316 g/mol. The van der Waals surface area contributed by atoms with Crippen LogP contribution in [0.1, 0.15) is 30.5 Å². The lowest BCUT2D eigenvalue weighted by Gasteiger charge is -2.39. The van der Waals surface area contributed by atoms with Crippen molar-refractivity contribution >= 4 is 16.3 Å². The van der Waals surface area contributed by atoms with E-state index in [1.54, 1.807) is 6.26 Å². The van der Waals surface area contributed by atoms with Crippen LogP contribution in [0.2, 0.25) is 0 Å². The molecule has 0 amide bonds. The lowest BCUT2D eigenvalue weighted by atomic mass is 10.1.